The second-order valence-electron chi connectivity index (χ2n) is 5.12. The summed E-state index contributed by atoms with van der Waals surface area (Å²) < 4.78 is 0. The van der Waals surface area contributed by atoms with Crippen molar-refractivity contribution in [3.63, 3.8) is 0 Å². The van der Waals surface area contributed by atoms with Crippen LogP contribution in [0.5, 0.6) is 0 Å². The van der Waals surface area contributed by atoms with Gasteiger partial charge in [0.15, 0.2) is 0 Å². The highest BCUT2D eigenvalue weighted by Crippen LogP contribution is 2.21. The van der Waals surface area contributed by atoms with Crippen LogP contribution >= 0.6 is 0 Å². The van der Waals surface area contributed by atoms with Gasteiger partial charge in [0.05, 0.1) is 0 Å². The first-order valence-corrected chi connectivity index (χ1v) is 5.08. The molecule has 1 atom stereocenters. The molecule has 0 saturated heterocycles. The third-order valence-corrected chi connectivity index (χ3v) is 2.03. The van der Waals surface area contributed by atoms with Crippen molar-refractivity contribution in [2.45, 2.75) is 59.4 Å². The van der Waals surface area contributed by atoms with E-state index in [-0.39, 0.29) is 11.5 Å². The molecule has 2 nitrogen and oxygen atoms in total. The second-order valence-corrected chi connectivity index (χ2v) is 5.12. The molecule has 0 aliphatic carbocycles. The highest BCUT2D eigenvalue weighted by atomic mass is 16.1. The molecule has 0 spiro atoms. The van der Waals surface area contributed by atoms with Gasteiger partial charge in [-0.3, -0.25) is 4.79 Å². The summed E-state index contributed by atoms with van der Waals surface area (Å²) >= 11 is 0. The van der Waals surface area contributed by atoms with E-state index < -0.39 is 0 Å². The van der Waals surface area contributed by atoms with E-state index in [9.17, 15) is 4.79 Å². The summed E-state index contributed by atoms with van der Waals surface area (Å²) in [5.41, 5.74) is 5.84. The topological polar surface area (TPSA) is 43.1 Å². The van der Waals surface area contributed by atoms with Crippen molar-refractivity contribution < 1.29 is 4.79 Å². The summed E-state index contributed by atoms with van der Waals surface area (Å²) in [6.07, 6.45) is 3.15. The van der Waals surface area contributed by atoms with Crippen LogP contribution in [0.25, 0.3) is 0 Å². The van der Waals surface area contributed by atoms with Crippen molar-refractivity contribution in [3.8, 4) is 0 Å². The van der Waals surface area contributed by atoms with Gasteiger partial charge in [-0.1, -0.05) is 20.8 Å². The SMILES string of the molecule is CC(N)CCC(=O)CCC(C)(C)C. The average Bonchev–Trinajstić information content (AvgIpc) is 1.95. The summed E-state index contributed by atoms with van der Waals surface area (Å²) in [5, 5.41) is 0. The Hall–Kier alpha value is -0.370. The molecule has 78 valence electrons. The van der Waals surface area contributed by atoms with Gasteiger partial charge in [0.25, 0.3) is 0 Å². The minimum atomic E-state index is 0.151. The Kier molecular flexibility index (Phi) is 5.23. The zero-order valence-corrected chi connectivity index (χ0v) is 9.39. The molecule has 0 aromatic heterocycles. The van der Waals surface area contributed by atoms with E-state index in [0.29, 0.717) is 18.6 Å². The van der Waals surface area contributed by atoms with Crippen molar-refractivity contribution >= 4 is 5.78 Å². The molecule has 0 bridgehead atoms. The van der Waals surface area contributed by atoms with Gasteiger partial charge in [-0.2, -0.15) is 0 Å². The molecule has 13 heavy (non-hydrogen) atoms. The number of carbonyl (C=O) groups excluding carboxylic acids is 1. The van der Waals surface area contributed by atoms with Gasteiger partial charge in [0.1, 0.15) is 5.78 Å². The molecule has 0 fully saturated rings. The fourth-order valence-electron chi connectivity index (χ4n) is 1.03. The highest BCUT2D eigenvalue weighted by Gasteiger charge is 2.12. The molecular weight excluding hydrogens is 162 g/mol. The largest absolute Gasteiger partial charge is 0.328 e. The molecule has 2 heteroatoms. The molecule has 2 N–H and O–H groups in total. The van der Waals surface area contributed by atoms with Gasteiger partial charge in [-0.25, -0.2) is 0 Å². The van der Waals surface area contributed by atoms with Crippen LogP contribution < -0.4 is 5.73 Å². The van der Waals surface area contributed by atoms with Gasteiger partial charge in [-0.15, -0.1) is 0 Å². The molecule has 0 aliphatic heterocycles. The van der Waals surface area contributed by atoms with E-state index in [1.807, 2.05) is 6.92 Å². The molecule has 0 rings (SSSR count). The van der Waals surface area contributed by atoms with E-state index in [4.69, 9.17) is 5.73 Å². The second kappa shape index (κ2) is 5.38. The van der Waals surface area contributed by atoms with Gasteiger partial charge in [-0.05, 0) is 25.2 Å². The zero-order valence-electron chi connectivity index (χ0n) is 9.39. The maximum absolute atomic E-state index is 11.3. The van der Waals surface area contributed by atoms with Crippen molar-refractivity contribution in [2.75, 3.05) is 0 Å². The van der Waals surface area contributed by atoms with Gasteiger partial charge in [0, 0.05) is 18.9 Å². The molecular formula is C11H23NO. The Bertz CT molecular complexity index is 156. The highest BCUT2D eigenvalue weighted by molar-refractivity contribution is 5.78. The lowest BCUT2D eigenvalue weighted by atomic mass is 9.89. The number of rotatable bonds is 5. The Morgan fingerprint density at radius 1 is 1.31 bits per heavy atom. The van der Waals surface area contributed by atoms with Gasteiger partial charge >= 0.3 is 0 Å². The molecule has 0 saturated carbocycles. The quantitative estimate of drug-likeness (QED) is 0.715. The lowest BCUT2D eigenvalue weighted by molar-refractivity contribution is -0.119. The molecule has 0 aromatic carbocycles. The molecule has 0 aliphatic rings. The maximum Gasteiger partial charge on any atom is 0.132 e. The first kappa shape index (κ1) is 12.6. The number of carbonyl (C=O) groups is 1. The van der Waals surface area contributed by atoms with E-state index in [2.05, 4.69) is 20.8 Å². The molecule has 1 unspecified atom stereocenters. The number of ketones is 1. The molecule has 0 radical (unpaired) electrons. The Morgan fingerprint density at radius 2 is 1.85 bits per heavy atom. The van der Waals surface area contributed by atoms with Crippen LogP contribution in [0.3, 0.4) is 0 Å². The predicted molar refractivity (Wildman–Crippen MR) is 56.6 cm³/mol. The van der Waals surface area contributed by atoms with Crippen molar-refractivity contribution in [1.29, 1.82) is 0 Å². The van der Waals surface area contributed by atoms with Crippen LogP contribution in [0.15, 0.2) is 0 Å². The third-order valence-electron chi connectivity index (χ3n) is 2.03. The van der Waals surface area contributed by atoms with Crippen LogP contribution in [0.1, 0.15) is 53.4 Å². The predicted octanol–water partition coefficient (Wildman–Crippen LogP) is 2.51. The molecule has 0 aromatic rings. The average molecular weight is 185 g/mol. The van der Waals surface area contributed by atoms with Gasteiger partial charge < -0.3 is 5.73 Å². The minimum Gasteiger partial charge on any atom is -0.328 e. The summed E-state index contributed by atoms with van der Waals surface area (Å²) in [4.78, 5) is 11.3. The number of nitrogens with two attached hydrogens (primary N) is 1. The standard InChI is InChI=1S/C11H23NO/c1-9(12)5-6-10(13)7-8-11(2,3)4/h9H,5-8,12H2,1-4H3. The Labute approximate surface area is 81.9 Å². The van der Waals surface area contributed by atoms with Crippen LogP contribution in [-0.2, 0) is 4.79 Å². The van der Waals surface area contributed by atoms with Gasteiger partial charge in [0.2, 0.25) is 0 Å². The maximum atomic E-state index is 11.3. The van der Waals surface area contributed by atoms with E-state index in [1.165, 1.54) is 0 Å². The van der Waals surface area contributed by atoms with E-state index in [0.717, 1.165) is 12.8 Å². The first-order valence-electron chi connectivity index (χ1n) is 5.08. The normalized spacial score (nSPS) is 14.2. The first-order chi connectivity index (χ1) is 5.81. The van der Waals surface area contributed by atoms with Crippen LogP contribution in [0, 0.1) is 5.41 Å². The van der Waals surface area contributed by atoms with Crippen molar-refractivity contribution in [3.05, 3.63) is 0 Å². The minimum absolute atomic E-state index is 0.151. The number of hydrogen-bond donors (Lipinski definition) is 1. The van der Waals surface area contributed by atoms with Crippen LogP contribution in [-0.4, -0.2) is 11.8 Å². The fourth-order valence-corrected chi connectivity index (χ4v) is 1.03. The van der Waals surface area contributed by atoms with E-state index in [1.54, 1.807) is 0 Å². The number of Topliss-reactive ketones (excluding diaryl/α,β-unsaturated/α-hetero) is 1. The Morgan fingerprint density at radius 3 is 2.23 bits per heavy atom. The molecule has 0 heterocycles. The molecule has 0 amide bonds. The summed E-state index contributed by atoms with van der Waals surface area (Å²) in [6.45, 7) is 8.42. The number of hydrogen-bond acceptors (Lipinski definition) is 2. The summed E-state index contributed by atoms with van der Waals surface area (Å²) in [6, 6.07) is 0.151. The summed E-state index contributed by atoms with van der Waals surface area (Å²) in [5.74, 6) is 0.354. The monoisotopic (exact) mass is 185 g/mol. The lowest BCUT2D eigenvalue weighted by Gasteiger charge is -2.17. The summed E-state index contributed by atoms with van der Waals surface area (Å²) in [7, 11) is 0. The third kappa shape index (κ3) is 9.54. The lowest BCUT2D eigenvalue weighted by Crippen LogP contribution is -2.17. The van der Waals surface area contributed by atoms with E-state index >= 15 is 0 Å². The Balaban J connectivity index is 3.53. The van der Waals surface area contributed by atoms with Crippen molar-refractivity contribution in [1.82, 2.24) is 0 Å². The zero-order chi connectivity index (χ0) is 10.5. The van der Waals surface area contributed by atoms with Crippen LogP contribution in [0.4, 0.5) is 0 Å². The van der Waals surface area contributed by atoms with Crippen LogP contribution in [0.2, 0.25) is 0 Å². The van der Waals surface area contributed by atoms with Crippen molar-refractivity contribution in [2.24, 2.45) is 11.1 Å². The smallest absolute Gasteiger partial charge is 0.132 e. The fraction of sp³-hybridized carbons (Fsp3) is 0.909.